The lowest BCUT2D eigenvalue weighted by Crippen LogP contribution is -2.15. The maximum atomic E-state index is 12.3. The summed E-state index contributed by atoms with van der Waals surface area (Å²) in [6, 6.07) is 15.7. The van der Waals surface area contributed by atoms with Gasteiger partial charge >= 0.3 is 0 Å². The Balaban J connectivity index is 1.55. The number of carbonyl (C=O) groups excluding carboxylic acids is 1. The molecule has 7 nitrogen and oxygen atoms in total. The molecule has 4 aromatic rings. The van der Waals surface area contributed by atoms with Crippen LogP contribution in [0.1, 0.15) is 34.0 Å². The van der Waals surface area contributed by atoms with Crippen LogP contribution in [-0.2, 0) is 24.2 Å². The number of fused-ring (bicyclic) bond motifs is 1. The molecule has 0 saturated heterocycles. The van der Waals surface area contributed by atoms with Crippen molar-refractivity contribution in [3.63, 3.8) is 0 Å². The molecule has 0 aliphatic heterocycles. The number of aromatic nitrogens is 4. The van der Waals surface area contributed by atoms with Crippen molar-refractivity contribution in [2.75, 3.05) is 5.32 Å². The standard InChI is InChI=1S/C23H23N5O2/c1-14-9-18(13-29)20-8-4-6-17(23(20)24-14)10-16-5-3-7-19(11-16)26-22(30)12-21-25-15(2)27-28-21/h3-9,11,29H,10,12-13H2,1-2H3,(H,26,30)(H,25,27,28). The molecule has 2 aromatic carbocycles. The topological polar surface area (TPSA) is 104 Å². The van der Waals surface area contributed by atoms with Crippen LogP contribution in [0.15, 0.2) is 48.5 Å². The van der Waals surface area contributed by atoms with E-state index in [9.17, 15) is 9.90 Å². The zero-order valence-corrected chi connectivity index (χ0v) is 16.9. The number of anilines is 1. The van der Waals surface area contributed by atoms with Crippen LogP contribution in [0.4, 0.5) is 5.69 Å². The summed E-state index contributed by atoms with van der Waals surface area (Å²) in [6.07, 6.45) is 0.785. The van der Waals surface area contributed by atoms with Crippen LogP contribution >= 0.6 is 0 Å². The van der Waals surface area contributed by atoms with Gasteiger partial charge in [0.15, 0.2) is 5.82 Å². The molecule has 0 atom stereocenters. The van der Waals surface area contributed by atoms with Gasteiger partial charge in [-0.2, -0.15) is 5.10 Å². The second-order valence-electron chi connectivity index (χ2n) is 7.33. The van der Waals surface area contributed by atoms with Crippen LogP contribution in [0, 0.1) is 13.8 Å². The minimum absolute atomic E-state index is 0.0186. The van der Waals surface area contributed by atoms with Crippen molar-refractivity contribution in [3.05, 3.63) is 82.6 Å². The second kappa shape index (κ2) is 8.42. The number of aromatic amines is 1. The first-order valence-corrected chi connectivity index (χ1v) is 9.77. The van der Waals surface area contributed by atoms with E-state index in [1.165, 1.54) is 0 Å². The molecule has 0 bridgehead atoms. The number of aliphatic hydroxyl groups is 1. The van der Waals surface area contributed by atoms with E-state index >= 15 is 0 Å². The summed E-state index contributed by atoms with van der Waals surface area (Å²) < 4.78 is 0. The molecule has 3 N–H and O–H groups in total. The number of pyridine rings is 1. The van der Waals surface area contributed by atoms with E-state index in [4.69, 9.17) is 4.98 Å². The Morgan fingerprint density at radius 2 is 1.90 bits per heavy atom. The summed E-state index contributed by atoms with van der Waals surface area (Å²) in [6.45, 7) is 3.71. The first kappa shape index (κ1) is 19.7. The fraction of sp³-hybridized carbons (Fsp3) is 0.217. The molecule has 4 rings (SSSR count). The smallest absolute Gasteiger partial charge is 0.232 e. The predicted molar refractivity (Wildman–Crippen MR) is 115 cm³/mol. The van der Waals surface area contributed by atoms with Crippen LogP contribution in [-0.4, -0.2) is 31.2 Å². The third-order valence-electron chi connectivity index (χ3n) is 4.87. The Bertz CT molecular complexity index is 1220. The van der Waals surface area contributed by atoms with Gasteiger partial charge < -0.3 is 10.4 Å². The summed E-state index contributed by atoms with van der Waals surface area (Å²) >= 11 is 0. The summed E-state index contributed by atoms with van der Waals surface area (Å²) in [5.41, 5.74) is 5.51. The first-order valence-electron chi connectivity index (χ1n) is 9.77. The highest BCUT2D eigenvalue weighted by atomic mass is 16.3. The fourth-order valence-electron chi connectivity index (χ4n) is 3.59. The zero-order chi connectivity index (χ0) is 21.1. The quantitative estimate of drug-likeness (QED) is 0.460. The fourth-order valence-corrected chi connectivity index (χ4v) is 3.59. The Hall–Kier alpha value is -3.58. The number of aryl methyl sites for hydroxylation is 2. The number of nitrogens with zero attached hydrogens (tertiary/aromatic N) is 3. The normalized spacial score (nSPS) is 11.0. The third kappa shape index (κ3) is 4.36. The van der Waals surface area contributed by atoms with E-state index in [0.717, 1.165) is 39.0 Å². The maximum Gasteiger partial charge on any atom is 0.232 e. The molecule has 1 amide bonds. The van der Waals surface area contributed by atoms with Crippen LogP contribution in [0.25, 0.3) is 10.9 Å². The minimum atomic E-state index is -0.166. The number of carbonyl (C=O) groups is 1. The van der Waals surface area contributed by atoms with Gasteiger partial charge in [0, 0.05) is 16.8 Å². The number of H-pyrrole nitrogens is 1. The number of nitrogens with one attached hydrogen (secondary N) is 2. The van der Waals surface area contributed by atoms with Crippen molar-refractivity contribution in [3.8, 4) is 0 Å². The van der Waals surface area contributed by atoms with Crippen molar-refractivity contribution in [2.45, 2.75) is 33.3 Å². The first-order chi connectivity index (χ1) is 14.5. The van der Waals surface area contributed by atoms with Crippen molar-refractivity contribution in [1.82, 2.24) is 20.2 Å². The van der Waals surface area contributed by atoms with Gasteiger partial charge in [-0.05, 0) is 55.2 Å². The predicted octanol–water partition coefficient (Wildman–Crippen LogP) is 3.23. The van der Waals surface area contributed by atoms with Gasteiger partial charge in [0.25, 0.3) is 0 Å². The molecular formula is C23H23N5O2. The molecular weight excluding hydrogens is 378 g/mol. The molecule has 0 unspecified atom stereocenters. The van der Waals surface area contributed by atoms with Gasteiger partial charge in [0.05, 0.1) is 18.5 Å². The van der Waals surface area contributed by atoms with Crippen LogP contribution in [0.2, 0.25) is 0 Å². The molecule has 30 heavy (non-hydrogen) atoms. The molecule has 152 valence electrons. The molecule has 2 aromatic heterocycles. The lowest BCUT2D eigenvalue weighted by atomic mass is 9.99. The molecule has 0 fully saturated rings. The minimum Gasteiger partial charge on any atom is -0.392 e. The summed E-state index contributed by atoms with van der Waals surface area (Å²) in [7, 11) is 0. The van der Waals surface area contributed by atoms with Crippen molar-refractivity contribution in [2.24, 2.45) is 0 Å². The molecule has 7 heteroatoms. The summed E-state index contributed by atoms with van der Waals surface area (Å²) in [5.74, 6) is 0.988. The highest BCUT2D eigenvalue weighted by Gasteiger charge is 2.11. The lowest BCUT2D eigenvalue weighted by molar-refractivity contribution is -0.115. The van der Waals surface area contributed by atoms with Gasteiger partial charge in [-0.1, -0.05) is 30.3 Å². The monoisotopic (exact) mass is 401 g/mol. The highest BCUT2D eigenvalue weighted by Crippen LogP contribution is 2.24. The third-order valence-corrected chi connectivity index (χ3v) is 4.87. The largest absolute Gasteiger partial charge is 0.392 e. The van der Waals surface area contributed by atoms with E-state index in [-0.39, 0.29) is 18.9 Å². The van der Waals surface area contributed by atoms with E-state index in [0.29, 0.717) is 18.1 Å². The number of hydrogen-bond acceptors (Lipinski definition) is 5. The molecule has 0 radical (unpaired) electrons. The number of amides is 1. The van der Waals surface area contributed by atoms with Crippen LogP contribution in [0.5, 0.6) is 0 Å². The average Bonchev–Trinajstić information content (AvgIpc) is 3.12. The molecule has 2 heterocycles. The Morgan fingerprint density at radius 1 is 1.07 bits per heavy atom. The van der Waals surface area contributed by atoms with Crippen molar-refractivity contribution < 1.29 is 9.90 Å². The SMILES string of the molecule is Cc1cc(CO)c2cccc(Cc3cccc(NC(=O)Cc4n[nH]c(C)n4)c3)c2n1. The van der Waals surface area contributed by atoms with Crippen LogP contribution in [0.3, 0.4) is 0 Å². The van der Waals surface area contributed by atoms with E-state index in [1.807, 2.05) is 55.5 Å². The van der Waals surface area contributed by atoms with E-state index in [2.05, 4.69) is 20.5 Å². The van der Waals surface area contributed by atoms with Crippen molar-refractivity contribution in [1.29, 1.82) is 0 Å². The number of para-hydroxylation sites is 1. The second-order valence-corrected chi connectivity index (χ2v) is 7.33. The number of hydrogen-bond donors (Lipinski definition) is 3. The van der Waals surface area contributed by atoms with Gasteiger partial charge in [-0.15, -0.1) is 0 Å². The summed E-state index contributed by atoms with van der Waals surface area (Å²) in [5, 5.41) is 20.3. The number of benzene rings is 2. The average molecular weight is 401 g/mol. The van der Waals surface area contributed by atoms with Crippen LogP contribution < -0.4 is 5.32 Å². The van der Waals surface area contributed by atoms with E-state index < -0.39 is 0 Å². The molecule has 0 aliphatic carbocycles. The van der Waals surface area contributed by atoms with Crippen molar-refractivity contribution >= 4 is 22.5 Å². The molecule has 0 spiro atoms. The van der Waals surface area contributed by atoms with Gasteiger partial charge in [-0.25, -0.2) is 4.98 Å². The Kier molecular flexibility index (Phi) is 5.54. The number of aliphatic hydroxyl groups excluding tert-OH is 1. The van der Waals surface area contributed by atoms with E-state index in [1.54, 1.807) is 6.92 Å². The Labute approximate surface area is 174 Å². The number of rotatable bonds is 6. The van der Waals surface area contributed by atoms with Gasteiger partial charge in [0.2, 0.25) is 5.91 Å². The molecule has 0 aliphatic rings. The summed E-state index contributed by atoms with van der Waals surface area (Å²) in [4.78, 5) is 21.2. The zero-order valence-electron chi connectivity index (χ0n) is 16.9. The lowest BCUT2D eigenvalue weighted by Gasteiger charge is -2.11. The molecule has 0 saturated carbocycles. The van der Waals surface area contributed by atoms with Gasteiger partial charge in [0.1, 0.15) is 5.82 Å². The highest BCUT2D eigenvalue weighted by molar-refractivity contribution is 5.92. The maximum absolute atomic E-state index is 12.3. The Morgan fingerprint density at radius 3 is 2.67 bits per heavy atom. The van der Waals surface area contributed by atoms with Gasteiger partial charge in [-0.3, -0.25) is 14.9 Å².